The summed E-state index contributed by atoms with van der Waals surface area (Å²) in [6, 6.07) is 0. The molecule has 5 saturated heterocycles. The van der Waals surface area contributed by atoms with Gasteiger partial charge in [0.1, 0.15) is 0 Å². The maximum atomic E-state index is 7.50. The van der Waals surface area contributed by atoms with Gasteiger partial charge in [-0.15, -0.1) is 0 Å². The van der Waals surface area contributed by atoms with Crippen molar-refractivity contribution < 1.29 is 37.9 Å². The minimum atomic E-state index is 0.0422. The molecule has 9 rings (SSSR count). The molecule has 4 aliphatic carbocycles. The minimum Gasteiger partial charge on any atom is -0.376 e. The highest BCUT2D eigenvalue weighted by molar-refractivity contribution is 5.13. The van der Waals surface area contributed by atoms with Crippen LogP contribution in [-0.4, -0.2) is 151 Å². The van der Waals surface area contributed by atoms with Crippen molar-refractivity contribution in [3.63, 3.8) is 0 Å². The van der Waals surface area contributed by atoms with E-state index in [0.29, 0.717) is 47.3 Å². The second kappa shape index (κ2) is 84.6. The molecule has 16 nitrogen and oxygen atoms in total. The van der Waals surface area contributed by atoms with E-state index >= 15 is 0 Å². The summed E-state index contributed by atoms with van der Waals surface area (Å²) in [5.74, 6) is 2.56. The van der Waals surface area contributed by atoms with Crippen LogP contribution in [0.4, 0.5) is 0 Å². The standard InChI is InChI=1S/C128H248N8O8/c1-9-17-25-33-41-49-57-65-73-81-89-137-113-97-105-106(98-114(113)138-90-82-74-66-58-50-42-34-26-18-10-2)122-129-121(105)133-123-107-99-115(139-91-83-75-67-59-51-43-35-27-19-11-3)116(140-92-84-76-68-60-52-44-36-28-20-12-4)100-108(107)125(130-123)135-127-111-103-119(143-95-87-79-71-63-55-47-39-31-23-15-7)120(144-96-88-80-72-64-56-48-40-32-24-16-8)104-112(111)128(132-127)136-126-110-102-118(142-94-86-78-70-62-54-46-38-30-22-14-6)117(101-109(110)124(131-126)134-122)141-93-85-77-69-61-53-45-37-29-21-13-5/h105-136H,9-104H2,1-8H3. The molecule has 5 heterocycles. The Balaban J connectivity index is 1.06. The zero-order chi connectivity index (χ0) is 101. The van der Waals surface area contributed by atoms with Crippen molar-refractivity contribution in [3.8, 4) is 0 Å². The Labute approximate surface area is 893 Å². The molecule has 0 aromatic heterocycles. The Hall–Kier alpha value is -0.640. The summed E-state index contributed by atoms with van der Waals surface area (Å²) in [6.07, 6.45) is 115. The Bertz CT molecular complexity index is 2310. The van der Waals surface area contributed by atoms with Crippen molar-refractivity contribution in [3.05, 3.63) is 0 Å². The molecule has 5 aliphatic heterocycles. The van der Waals surface area contributed by atoms with Crippen molar-refractivity contribution in [2.75, 3.05) is 52.9 Å². The first-order chi connectivity index (χ1) is 71.3. The Morgan fingerprint density at radius 3 is 0.271 bits per heavy atom. The third-order valence-electron chi connectivity index (χ3n) is 36.8. The van der Waals surface area contributed by atoms with Gasteiger partial charge in [0.15, 0.2) is 0 Å². The second-order valence-electron chi connectivity index (χ2n) is 49.1. The average molecular weight is 2030 g/mol. The van der Waals surface area contributed by atoms with E-state index in [1.165, 1.54) is 462 Å². The molecule has 0 aromatic rings. The van der Waals surface area contributed by atoms with Gasteiger partial charge >= 0.3 is 0 Å². The first kappa shape index (κ1) is 127. The van der Waals surface area contributed by atoms with Crippen LogP contribution in [0.5, 0.6) is 0 Å². The molecule has 8 N–H and O–H groups in total. The molecular formula is C128H248N8O8. The normalized spacial score (nSPS) is 28.8. The monoisotopic (exact) mass is 2030 g/mol. The molecule has 848 valence electrons. The summed E-state index contributed by atoms with van der Waals surface area (Å²) in [5.41, 5.74) is 0. The molecule has 16 heteroatoms. The lowest BCUT2D eigenvalue weighted by Gasteiger charge is -2.43. The van der Waals surface area contributed by atoms with E-state index < -0.39 is 0 Å². The molecule has 0 spiro atoms. The van der Waals surface area contributed by atoms with Gasteiger partial charge in [-0.1, -0.05) is 518 Å². The Morgan fingerprint density at radius 1 is 0.111 bits per heavy atom. The number of fused-ring (bicyclic) bond motifs is 20. The van der Waals surface area contributed by atoms with Gasteiger partial charge in [0.2, 0.25) is 0 Å². The van der Waals surface area contributed by atoms with Crippen LogP contribution < -0.4 is 42.5 Å². The zero-order valence-corrected chi connectivity index (χ0v) is 97.0. The fraction of sp³-hybridized carbons (Fsp3) is 1.00. The largest absolute Gasteiger partial charge is 0.376 e. The molecule has 144 heavy (non-hydrogen) atoms. The van der Waals surface area contributed by atoms with Gasteiger partial charge < -0.3 is 37.9 Å². The summed E-state index contributed by atoms with van der Waals surface area (Å²) >= 11 is 0. The first-order valence-corrected chi connectivity index (χ1v) is 66.3. The minimum absolute atomic E-state index is 0.0422. The summed E-state index contributed by atoms with van der Waals surface area (Å²) in [4.78, 5) is 0. The lowest BCUT2D eigenvalue weighted by molar-refractivity contribution is -0.123. The highest BCUT2D eigenvalue weighted by Crippen LogP contribution is 2.50. The lowest BCUT2D eigenvalue weighted by atomic mass is 9.73. The Morgan fingerprint density at radius 2 is 0.188 bits per heavy atom. The van der Waals surface area contributed by atoms with E-state index in [0.717, 1.165) is 156 Å². The molecule has 8 bridgehead atoms. The van der Waals surface area contributed by atoms with Crippen LogP contribution in [0, 0.1) is 47.3 Å². The van der Waals surface area contributed by atoms with Crippen LogP contribution in [0.1, 0.15) is 620 Å². The van der Waals surface area contributed by atoms with Crippen LogP contribution in [0.15, 0.2) is 0 Å². The maximum absolute atomic E-state index is 7.50. The summed E-state index contributed by atoms with van der Waals surface area (Å²) in [7, 11) is 0. The molecule has 9 aliphatic rings. The quantitative estimate of drug-likeness (QED) is 0.0270. The van der Waals surface area contributed by atoms with Gasteiger partial charge in [-0.25, -0.2) is 0 Å². The molecule has 0 radical (unpaired) electrons. The zero-order valence-electron chi connectivity index (χ0n) is 97.0. The van der Waals surface area contributed by atoms with E-state index in [1.54, 1.807) is 0 Å². The van der Waals surface area contributed by atoms with E-state index in [-0.39, 0.29) is 98.2 Å². The van der Waals surface area contributed by atoms with Crippen LogP contribution >= 0.6 is 0 Å². The highest BCUT2D eigenvalue weighted by Gasteiger charge is 2.60. The predicted octanol–water partition coefficient (Wildman–Crippen LogP) is 33.9. The van der Waals surface area contributed by atoms with Gasteiger partial charge in [0.05, 0.1) is 98.2 Å². The third kappa shape index (κ3) is 52.0. The molecule has 9 fully saturated rings. The summed E-state index contributed by atoms with van der Waals surface area (Å²) in [5, 5.41) is 37.3. The van der Waals surface area contributed by atoms with Crippen molar-refractivity contribution in [1.82, 2.24) is 42.5 Å². The predicted molar refractivity (Wildman–Crippen MR) is 613 cm³/mol. The van der Waals surface area contributed by atoms with Crippen LogP contribution in [0.2, 0.25) is 0 Å². The van der Waals surface area contributed by atoms with Crippen LogP contribution in [0.25, 0.3) is 0 Å². The third-order valence-corrected chi connectivity index (χ3v) is 36.8. The van der Waals surface area contributed by atoms with E-state index in [9.17, 15) is 0 Å². The first-order valence-electron chi connectivity index (χ1n) is 66.3. The number of hydrogen-bond acceptors (Lipinski definition) is 16. The molecule has 4 saturated carbocycles. The van der Waals surface area contributed by atoms with E-state index in [1.807, 2.05) is 0 Å². The number of hydrogen-bond donors (Lipinski definition) is 8. The fourth-order valence-corrected chi connectivity index (χ4v) is 27.7. The maximum Gasteiger partial charge on any atom is 0.0840 e. The Kier molecular flexibility index (Phi) is 74.5. The van der Waals surface area contributed by atoms with Gasteiger partial charge in [0.25, 0.3) is 0 Å². The molecule has 16 atom stereocenters. The number of ether oxygens (including phenoxy) is 8. The van der Waals surface area contributed by atoms with E-state index in [4.69, 9.17) is 59.2 Å². The number of rotatable bonds is 96. The van der Waals surface area contributed by atoms with Gasteiger partial charge in [-0.3, -0.25) is 42.5 Å². The fourth-order valence-electron chi connectivity index (χ4n) is 27.7. The van der Waals surface area contributed by atoms with E-state index in [2.05, 4.69) is 76.7 Å². The smallest absolute Gasteiger partial charge is 0.0840 e. The van der Waals surface area contributed by atoms with Crippen molar-refractivity contribution in [1.29, 1.82) is 0 Å². The summed E-state index contributed by atoms with van der Waals surface area (Å²) < 4.78 is 60.0. The van der Waals surface area contributed by atoms with Crippen molar-refractivity contribution in [2.24, 2.45) is 47.3 Å². The number of unbranched alkanes of at least 4 members (excludes halogenated alkanes) is 72. The second-order valence-corrected chi connectivity index (χ2v) is 49.1. The highest BCUT2D eigenvalue weighted by atomic mass is 16.6. The van der Waals surface area contributed by atoms with Gasteiger partial charge in [-0.05, 0) is 150 Å². The van der Waals surface area contributed by atoms with Crippen LogP contribution in [-0.2, 0) is 37.9 Å². The van der Waals surface area contributed by atoms with Crippen molar-refractivity contribution in [2.45, 2.75) is 719 Å². The molecule has 16 unspecified atom stereocenters. The van der Waals surface area contributed by atoms with Crippen molar-refractivity contribution >= 4 is 0 Å². The molecule has 0 aromatic carbocycles. The summed E-state index contributed by atoms with van der Waals surface area (Å²) in [6.45, 7) is 25.3. The van der Waals surface area contributed by atoms with Crippen LogP contribution in [0.3, 0.4) is 0 Å². The van der Waals surface area contributed by atoms with Gasteiger partial charge in [-0.2, -0.15) is 0 Å². The van der Waals surface area contributed by atoms with Gasteiger partial charge in [0, 0.05) is 52.9 Å². The number of nitrogens with one attached hydrogen (secondary N) is 8. The lowest BCUT2D eigenvalue weighted by Crippen LogP contribution is -2.61. The molecular weight excluding hydrogens is 1780 g/mol. The average Bonchev–Trinajstić information content (AvgIpc) is 1.59. The SMILES string of the molecule is CCCCCCCCCCCCOC1CC2C3NC(NC4NC(NC5NC(NC6NC(N3)C3CC(OCCCCCCCCCCCC)C(OCCCCCCCCCCCC)CC63)C3CC(OCCCCCCCCCCCC)C(OCCCCCCCCCCCC)CC53)C3CC(OCCCCCCCCCCCC)C(OCCCCCCCCCCCC)CC43)C2CC1OCCCCCCCCCCCC. The topological polar surface area (TPSA) is 170 Å². The molecule has 0 amide bonds.